The molecule has 14 heavy (non-hydrogen) atoms. The number of hydrogen-bond acceptors (Lipinski definition) is 2. The predicted octanol–water partition coefficient (Wildman–Crippen LogP) is 2.07. The van der Waals surface area contributed by atoms with E-state index in [1.165, 1.54) is 0 Å². The fourth-order valence-electron chi connectivity index (χ4n) is 1.53. The minimum atomic E-state index is 0.758. The molecule has 0 saturated carbocycles. The van der Waals surface area contributed by atoms with Gasteiger partial charge in [0.15, 0.2) is 0 Å². The van der Waals surface area contributed by atoms with Crippen molar-refractivity contribution in [2.45, 2.75) is 13.8 Å². The van der Waals surface area contributed by atoms with Crippen LogP contribution in [0, 0.1) is 13.8 Å². The lowest BCUT2D eigenvalue weighted by Gasteiger charge is -2.08. The van der Waals surface area contributed by atoms with Crippen molar-refractivity contribution in [1.82, 2.24) is 9.78 Å². The predicted molar refractivity (Wildman–Crippen MR) is 57.5 cm³/mol. The first kappa shape index (κ1) is 8.81. The maximum atomic E-state index is 5.90. The Balaban J connectivity index is 2.61. The molecule has 1 aromatic carbocycles. The summed E-state index contributed by atoms with van der Waals surface area (Å²) < 4.78 is 1.82. The summed E-state index contributed by atoms with van der Waals surface area (Å²) in [7, 11) is 0. The Morgan fingerprint density at radius 1 is 1.29 bits per heavy atom. The zero-order valence-corrected chi connectivity index (χ0v) is 8.36. The van der Waals surface area contributed by atoms with Crippen LogP contribution in [0.5, 0.6) is 0 Å². The highest BCUT2D eigenvalue weighted by molar-refractivity contribution is 5.61. The highest BCUT2D eigenvalue weighted by Crippen LogP contribution is 2.20. The normalized spacial score (nSPS) is 10.4. The molecule has 0 radical (unpaired) electrons. The lowest BCUT2D eigenvalue weighted by molar-refractivity contribution is 0.875. The molecule has 0 fully saturated rings. The van der Waals surface area contributed by atoms with Gasteiger partial charge in [-0.25, -0.2) is 4.68 Å². The van der Waals surface area contributed by atoms with Crippen LogP contribution in [-0.2, 0) is 0 Å². The fraction of sp³-hybridized carbons (Fsp3) is 0.182. The Morgan fingerprint density at radius 3 is 2.64 bits per heavy atom. The second-order valence-corrected chi connectivity index (χ2v) is 3.48. The van der Waals surface area contributed by atoms with Crippen LogP contribution in [0.15, 0.2) is 30.6 Å². The van der Waals surface area contributed by atoms with Crippen molar-refractivity contribution in [3.8, 4) is 5.69 Å². The number of aromatic nitrogens is 2. The standard InChI is InChI=1S/C11H13N3/c1-8-6-13-14(7-8)11-9(2)4-3-5-10(11)12/h3-7H,12H2,1-2H3. The minimum absolute atomic E-state index is 0.758. The van der Waals surface area contributed by atoms with Gasteiger partial charge < -0.3 is 5.73 Å². The molecule has 0 saturated heterocycles. The van der Waals surface area contributed by atoms with E-state index in [9.17, 15) is 0 Å². The monoisotopic (exact) mass is 187 g/mol. The SMILES string of the molecule is Cc1cnn(-c2c(C)cccc2N)c1. The quantitative estimate of drug-likeness (QED) is 0.694. The van der Waals surface area contributed by atoms with E-state index in [0.29, 0.717) is 0 Å². The van der Waals surface area contributed by atoms with Crippen molar-refractivity contribution in [2.24, 2.45) is 0 Å². The van der Waals surface area contributed by atoms with Crippen molar-refractivity contribution < 1.29 is 0 Å². The molecule has 72 valence electrons. The van der Waals surface area contributed by atoms with Crippen LogP contribution in [0.2, 0.25) is 0 Å². The average Bonchev–Trinajstić information content (AvgIpc) is 2.51. The summed E-state index contributed by atoms with van der Waals surface area (Å²) >= 11 is 0. The summed E-state index contributed by atoms with van der Waals surface area (Å²) in [6.07, 6.45) is 3.80. The van der Waals surface area contributed by atoms with E-state index in [-0.39, 0.29) is 0 Å². The molecule has 1 aromatic heterocycles. The molecule has 2 N–H and O–H groups in total. The van der Waals surface area contributed by atoms with Gasteiger partial charge in [-0.1, -0.05) is 12.1 Å². The largest absolute Gasteiger partial charge is 0.397 e. The topological polar surface area (TPSA) is 43.8 Å². The highest BCUT2D eigenvalue weighted by Gasteiger charge is 2.05. The summed E-state index contributed by atoms with van der Waals surface area (Å²) in [4.78, 5) is 0. The van der Waals surface area contributed by atoms with Gasteiger partial charge in [-0.05, 0) is 31.0 Å². The number of benzene rings is 1. The third kappa shape index (κ3) is 1.37. The Bertz CT molecular complexity index is 437. The molecule has 0 aliphatic heterocycles. The van der Waals surface area contributed by atoms with Crippen molar-refractivity contribution in [3.05, 3.63) is 41.7 Å². The van der Waals surface area contributed by atoms with Gasteiger partial charge in [0, 0.05) is 6.20 Å². The van der Waals surface area contributed by atoms with Crippen molar-refractivity contribution in [1.29, 1.82) is 0 Å². The molecule has 2 aromatic rings. The van der Waals surface area contributed by atoms with E-state index in [0.717, 1.165) is 22.5 Å². The number of hydrogen-bond donors (Lipinski definition) is 1. The Kier molecular flexibility index (Phi) is 2.00. The number of nitrogen functional groups attached to an aromatic ring is 1. The average molecular weight is 187 g/mol. The summed E-state index contributed by atoms with van der Waals surface area (Å²) in [5.74, 6) is 0. The summed E-state index contributed by atoms with van der Waals surface area (Å²) in [5, 5.41) is 4.24. The lowest BCUT2D eigenvalue weighted by atomic mass is 10.2. The van der Waals surface area contributed by atoms with E-state index in [2.05, 4.69) is 5.10 Å². The molecule has 0 amide bonds. The van der Waals surface area contributed by atoms with Crippen molar-refractivity contribution in [2.75, 3.05) is 5.73 Å². The number of para-hydroxylation sites is 1. The zero-order chi connectivity index (χ0) is 10.1. The van der Waals surface area contributed by atoms with Gasteiger partial charge in [0.1, 0.15) is 0 Å². The molecular weight excluding hydrogens is 174 g/mol. The van der Waals surface area contributed by atoms with Gasteiger partial charge >= 0.3 is 0 Å². The summed E-state index contributed by atoms with van der Waals surface area (Å²) in [6.45, 7) is 4.04. The number of rotatable bonds is 1. The lowest BCUT2D eigenvalue weighted by Crippen LogP contribution is -2.02. The van der Waals surface area contributed by atoms with Crippen LogP contribution in [-0.4, -0.2) is 9.78 Å². The van der Waals surface area contributed by atoms with Gasteiger partial charge in [0.05, 0.1) is 17.6 Å². The smallest absolute Gasteiger partial charge is 0.0903 e. The number of aryl methyl sites for hydroxylation is 2. The molecular formula is C11H13N3. The van der Waals surface area contributed by atoms with Crippen LogP contribution in [0.1, 0.15) is 11.1 Å². The summed E-state index contributed by atoms with van der Waals surface area (Å²) in [5.41, 5.74) is 9.90. The molecule has 0 atom stereocenters. The summed E-state index contributed by atoms with van der Waals surface area (Å²) in [6, 6.07) is 5.87. The van der Waals surface area contributed by atoms with Gasteiger partial charge in [-0.3, -0.25) is 0 Å². The van der Waals surface area contributed by atoms with E-state index >= 15 is 0 Å². The molecule has 3 nitrogen and oxygen atoms in total. The van der Waals surface area contributed by atoms with Crippen molar-refractivity contribution >= 4 is 5.69 Å². The third-order valence-corrected chi connectivity index (χ3v) is 2.21. The highest BCUT2D eigenvalue weighted by atomic mass is 15.3. The first-order chi connectivity index (χ1) is 6.68. The van der Waals surface area contributed by atoms with Crippen LogP contribution in [0.3, 0.4) is 0 Å². The third-order valence-electron chi connectivity index (χ3n) is 2.21. The maximum Gasteiger partial charge on any atom is 0.0903 e. The van der Waals surface area contributed by atoms with Gasteiger partial charge in [0.25, 0.3) is 0 Å². The Morgan fingerprint density at radius 2 is 2.07 bits per heavy atom. The molecule has 0 bridgehead atoms. The number of anilines is 1. The Hall–Kier alpha value is -1.77. The number of nitrogens with zero attached hydrogens (tertiary/aromatic N) is 2. The molecule has 0 aliphatic rings. The molecule has 0 unspecified atom stereocenters. The van der Waals surface area contributed by atoms with E-state index < -0.39 is 0 Å². The van der Waals surface area contributed by atoms with Gasteiger partial charge in [-0.15, -0.1) is 0 Å². The van der Waals surface area contributed by atoms with Crippen LogP contribution < -0.4 is 5.73 Å². The molecule has 2 rings (SSSR count). The van der Waals surface area contributed by atoms with Crippen molar-refractivity contribution in [3.63, 3.8) is 0 Å². The van der Waals surface area contributed by atoms with E-state index in [4.69, 9.17) is 5.73 Å². The first-order valence-corrected chi connectivity index (χ1v) is 4.55. The van der Waals surface area contributed by atoms with Crippen LogP contribution in [0.25, 0.3) is 5.69 Å². The zero-order valence-electron chi connectivity index (χ0n) is 8.36. The van der Waals surface area contributed by atoms with Crippen LogP contribution in [0.4, 0.5) is 5.69 Å². The molecule has 3 heteroatoms. The molecule has 0 spiro atoms. The van der Waals surface area contributed by atoms with E-state index in [1.54, 1.807) is 0 Å². The maximum absolute atomic E-state index is 5.90. The minimum Gasteiger partial charge on any atom is -0.397 e. The van der Waals surface area contributed by atoms with Gasteiger partial charge in [-0.2, -0.15) is 5.10 Å². The van der Waals surface area contributed by atoms with Gasteiger partial charge in [0.2, 0.25) is 0 Å². The van der Waals surface area contributed by atoms with E-state index in [1.807, 2.05) is 49.1 Å². The molecule has 1 heterocycles. The second kappa shape index (κ2) is 3.18. The molecule has 0 aliphatic carbocycles. The first-order valence-electron chi connectivity index (χ1n) is 4.55. The second-order valence-electron chi connectivity index (χ2n) is 3.48. The van der Waals surface area contributed by atoms with Crippen LogP contribution >= 0.6 is 0 Å². The Labute approximate surface area is 83.2 Å². The number of nitrogens with two attached hydrogens (primary N) is 1. The fourth-order valence-corrected chi connectivity index (χ4v) is 1.53.